The first-order valence-electron chi connectivity index (χ1n) is 3.73. The summed E-state index contributed by atoms with van der Waals surface area (Å²) in [5, 5.41) is 11.7. The largest absolute Gasteiger partial charge is 0.387 e. The second kappa shape index (κ2) is 2.95. The molecular weight excluding hydrogens is 156 g/mol. The van der Waals surface area contributed by atoms with Crippen LogP contribution < -0.4 is 0 Å². The lowest BCUT2D eigenvalue weighted by molar-refractivity contribution is 0.0658. The van der Waals surface area contributed by atoms with Crippen LogP contribution in [0.3, 0.4) is 0 Å². The van der Waals surface area contributed by atoms with E-state index in [0.717, 1.165) is 4.88 Å². The zero-order valence-corrected chi connectivity index (χ0v) is 7.98. The monoisotopic (exact) mass is 170 g/mol. The average Bonchev–Trinajstić information content (AvgIpc) is 2.34. The highest BCUT2D eigenvalue weighted by molar-refractivity contribution is 7.10. The summed E-state index contributed by atoms with van der Waals surface area (Å²) in [6.07, 6.45) is -0.331. The van der Waals surface area contributed by atoms with Crippen LogP contribution in [-0.2, 0) is 0 Å². The molecule has 11 heavy (non-hydrogen) atoms. The summed E-state index contributed by atoms with van der Waals surface area (Å²) in [4.78, 5) is 1.05. The summed E-state index contributed by atoms with van der Waals surface area (Å²) in [7, 11) is 0. The average molecular weight is 170 g/mol. The Labute approximate surface area is 71.7 Å². The first-order valence-corrected chi connectivity index (χ1v) is 4.61. The van der Waals surface area contributed by atoms with E-state index >= 15 is 0 Å². The SMILES string of the molecule is CC(C)(C)C(O)c1cccs1. The summed E-state index contributed by atoms with van der Waals surface area (Å²) in [5.41, 5.74) is -0.0507. The van der Waals surface area contributed by atoms with Crippen molar-refractivity contribution < 1.29 is 5.11 Å². The molecule has 1 unspecified atom stereocenters. The van der Waals surface area contributed by atoms with Crippen LogP contribution in [0.15, 0.2) is 17.5 Å². The van der Waals surface area contributed by atoms with Crippen molar-refractivity contribution in [2.24, 2.45) is 5.41 Å². The Morgan fingerprint density at radius 1 is 1.45 bits per heavy atom. The highest BCUT2D eigenvalue weighted by Gasteiger charge is 2.24. The molecule has 0 fully saturated rings. The van der Waals surface area contributed by atoms with Crippen LogP contribution in [0.4, 0.5) is 0 Å². The Morgan fingerprint density at radius 3 is 2.45 bits per heavy atom. The predicted molar refractivity (Wildman–Crippen MR) is 48.7 cm³/mol. The van der Waals surface area contributed by atoms with Gasteiger partial charge in [-0.05, 0) is 16.9 Å². The zero-order chi connectivity index (χ0) is 8.48. The molecule has 1 rings (SSSR count). The molecule has 0 saturated carbocycles. The van der Waals surface area contributed by atoms with Crippen LogP contribution in [0, 0.1) is 5.41 Å². The maximum atomic E-state index is 9.76. The fraction of sp³-hybridized carbons (Fsp3) is 0.556. The van der Waals surface area contributed by atoms with Gasteiger partial charge in [-0.2, -0.15) is 0 Å². The zero-order valence-electron chi connectivity index (χ0n) is 7.16. The number of hydrogen-bond donors (Lipinski definition) is 1. The minimum Gasteiger partial charge on any atom is -0.387 e. The van der Waals surface area contributed by atoms with Crippen molar-refractivity contribution >= 4 is 11.3 Å². The van der Waals surface area contributed by atoms with E-state index in [4.69, 9.17) is 0 Å². The van der Waals surface area contributed by atoms with Crippen LogP contribution >= 0.6 is 11.3 Å². The minimum absolute atomic E-state index is 0.0507. The summed E-state index contributed by atoms with van der Waals surface area (Å²) < 4.78 is 0. The van der Waals surface area contributed by atoms with Gasteiger partial charge in [-0.15, -0.1) is 11.3 Å². The number of aliphatic hydroxyl groups is 1. The fourth-order valence-corrected chi connectivity index (χ4v) is 1.83. The number of rotatable bonds is 1. The van der Waals surface area contributed by atoms with Crippen LogP contribution in [0.2, 0.25) is 0 Å². The van der Waals surface area contributed by atoms with Crippen LogP contribution in [0.1, 0.15) is 31.8 Å². The van der Waals surface area contributed by atoms with Gasteiger partial charge in [-0.25, -0.2) is 0 Å². The summed E-state index contributed by atoms with van der Waals surface area (Å²) in [6.45, 7) is 6.12. The van der Waals surface area contributed by atoms with Gasteiger partial charge in [0, 0.05) is 4.88 Å². The molecule has 0 aliphatic rings. The topological polar surface area (TPSA) is 20.2 Å². The van der Waals surface area contributed by atoms with E-state index in [1.807, 2.05) is 38.3 Å². The Hall–Kier alpha value is -0.340. The second-order valence-corrected chi connectivity index (χ2v) is 4.76. The van der Waals surface area contributed by atoms with Gasteiger partial charge < -0.3 is 5.11 Å². The summed E-state index contributed by atoms with van der Waals surface area (Å²) in [6, 6.07) is 3.94. The molecule has 1 aromatic heterocycles. The van der Waals surface area contributed by atoms with Gasteiger partial charge in [-0.1, -0.05) is 26.8 Å². The normalized spacial score (nSPS) is 14.9. The van der Waals surface area contributed by atoms with E-state index in [1.54, 1.807) is 11.3 Å². The van der Waals surface area contributed by atoms with Gasteiger partial charge in [0.1, 0.15) is 0 Å². The summed E-state index contributed by atoms with van der Waals surface area (Å²) >= 11 is 1.61. The van der Waals surface area contributed by atoms with Crippen molar-refractivity contribution in [3.8, 4) is 0 Å². The molecule has 1 heterocycles. The van der Waals surface area contributed by atoms with E-state index in [0.29, 0.717) is 0 Å². The minimum atomic E-state index is -0.331. The molecule has 0 radical (unpaired) electrons. The molecule has 0 aliphatic carbocycles. The van der Waals surface area contributed by atoms with E-state index in [2.05, 4.69) is 0 Å². The van der Waals surface area contributed by atoms with Crippen molar-refractivity contribution in [2.45, 2.75) is 26.9 Å². The lowest BCUT2D eigenvalue weighted by Crippen LogP contribution is -2.16. The lowest BCUT2D eigenvalue weighted by atomic mass is 9.88. The molecule has 1 aromatic rings. The maximum Gasteiger partial charge on any atom is 0.0929 e. The Morgan fingerprint density at radius 2 is 2.09 bits per heavy atom. The highest BCUT2D eigenvalue weighted by Crippen LogP contribution is 2.34. The molecule has 0 aliphatic heterocycles. The van der Waals surface area contributed by atoms with Gasteiger partial charge in [-0.3, -0.25) is 0 Å². The van der Waals surface area contributed by atoms with Crippen LogP contribution in [0.5, 0.6) is 0 Å². The van der Waals surface area contributed by atoms with Crippen molar-refractivity contribution in [1.29, 1.82) is 0 Å². The third kappa shape index (κ3) is 2.04. The quantitative estimate of drug-likeness (QED) is 0.687. The molecule has 1 nitrogen and oxygen atoms in total. The van der Waals surface area contributed by atoms with E-state index in [9.17, 15) is 5.11 Å². The molecule has 0 bridgehead atoms. The third-order valence-electron chi connectivity index (χ3n) is 1.63. The standard InChI is InChI=1S/C9H14OS/c1-9(2,3)8(10)7-5-4-6-11-7/h4-6,8,10H,1-3H3. The number of aliphatic hydroxyl groups excluding tert-OH is 1. The van der Waals surface area contributed by atoms with Crippen molar-refractivity contribution in [2.75, 3.05) is 0 Å². The molecule has 0 spiro atoms. The molecule has 0 aromatic carbocycles. The van der Waals surface area contributed by atoms with E-state index < -0.39 is 0 Å². The maximum absolute atomic E-state index is 9.76. The van der Waals surface area contributed by atoms with Gasteiger partial charge in [0.25, 0.3) is 0 Å². The van der Waals surface area contributed by atoms with E-state index in [1.165, 1.54) is 0 Å². The Balaban J connectivity index is 2.78. The van der Waals surface area contributed by atoms with E-state index in [-0.39, 0.29) is 11.5 Å². The van der Waals surface area contributed by atoms with Gasteiger partial charge >= 0.3 is 0 Å². The van der Waals surface area contributed by atoms with Crippen LogP contribution in [-0.4, -0.2) is 5.11 Å². The van der Waals surface area contributed by atoms with Gasteiger partial charge in [0.2, 0.25) is 0 Å². The molecular formula is C9H14OS. The van der Waals surface area contributed by atoms with Crippen molar-refractivity contribution in [3.05, 3.63) is 22.4 Å². The van der Waals surface area contributed by atoms with Gasteiger partial charge in [0.05, 0.1) is 6.10 Å². The number of hydrogen-bond acceptors (Lipinski definition) is 2. The van der Waals surface area contributed by atoms with Crippen molar-refractivity contribution in [3.63, 3.8) is 0 Å². The molecule has 1 N–H and O–H groups in total. The van der Waals surface area contributed by atoms with Crippen LogP contribution in [0.25, 0.3) is 0 Å². The third-order valence-corrected chi connectivity index (χ3v) is 2.56. The van der Waals surface area contributed by atoms with Gasteiger partial charge in [0.15, 0.2) is 0 Å². The fourth-order valence-electron chi connectivity index (χ4n) is 0.874. The Bertz CT molecular complexity index is 208. The second-order valence-electron chi connectivity index (χ2n) is 3.78. The molecule has 0 saturated heterocycles. The lowest BCUT2D eigenvalue weighted by Gasteiger charge is -2.24. The first-order chi connectivity index (χ1) is 5.02. The molecule has 0 amide bonds. The molecule has 2 heteroatoms. The predicted octanol–water partition coefficient (Wildman–Crippen LogP) is 2.83. The van der Waals surface area contributed by atoms with Crippen molar-refractivity contribution in [1.82, 2.24) is 0 Å². The Kier molecular flexibility index (Phi) is 2.35. The highest BCUT2D eigenvalue weighted by atomic mass is 32.1. The first kappa shape index (κ1) is 8.75. The smallest absolute Gasteiger partial charge is 0.0929 e. The molecule has 1 atom stereocenters. The molecule has 62 valence electrons. The summed E-state index contributed by atoms with van der Waals surface area (Å²) in [5.74, 6) is 0. The number of thiophene rings is 1.